The van der Waals surface area contributed by atoms with Gasteiger partial charge in [0.25, 0.3) is 0 Å². The molecule has 11 aromatic rings. The first-order chi connectivity index (χ1) is 31.1. The standard InChI is InChI=1S/C56H36N6S/c1-2-50-58-46-24-14-15-25-47(46)62(50)40-28-26-39(27-29-40)56(38-20-10-5-11-21-38)44-23-13-12-22-41(44)51-45(56)30-31-48-52(51)43-33-42(37(34-57)32-49(43)63-48)55-60-53(35-16-6-3-7-17-35)59-54(61-55)36-18-8-4-9-19-36/h3-33H,2H2,1H3. The molecule has 296 valence electrons. The van der Waals surface area contributed by atoms with Crippen LogP contribution in [0.2, 0.25) is 0 Å². The molecule has 6 nitrogen and oxygen atoms in total. The molecule has 0 N–H and O–H groups in total. The molecule has 1 unspecified atom stereocenters. The minimum atomic E-state index is -0.614. The number of fused-ring (bicyclic) bond motifs is 8. The summed E-state index contributed by atoms with van der Waals surface area (Å²) < 4.78 is 4.48. The maximum atomic E-state index is 10.7. The van der Waals surface area contributed by atoms with Gasteiger partial charge in [-0.1, -0.05) is 153 Å². The van der Waals surface area contributed by atoms with E-state index in [2.05, 4.69) is 133 Å². The number of nitrogens with zero attached hydrogens (tertiary/aromatic N) is 6. The van der Waals surface area contributed by atoms with Crippen molar-refractivity contribution < 1.29 is 0 Å². The van der Waals surface area contributed by atoms with Crippen molar-refractivity contribution in [1.29, 1.82) is 5.26 Å². The zero-order valence-corrected chi connectivity index (χ0v) is 35.0. The molecule has 7 heteroatoms. The third-order valence-corrected chi connectivity index (χ3v) is 13.7. The second-order valence-electron chi connectivity index (χ2n) is 15.9. The fourth-order valence-corrected chi connectivity index (χ4v) is 11.0. The van der Waals surface area contributed by atoms with Crippen LogP contribution in [0.4, 0.5) is 0 Å². The summed E-state index contributed by atoms with van der Waals surface area (Å²) in [5, 5.41) is 13.0. The molecule has 8 aromatic carbocycles. The summed E-state index contributed by atoms with van der Waals surface area (Å²) >= 11 is 1.72. The van der Waals surface area contributed by atoms with Crippen molar-refractivity contribution in [3.05, 3.63) is 222 Å². The van der Waals surface area contributed by atoms with E-state index in [1.807, 2.05) is 72.8 Å². The number of nitriles is 1. The zero-order valence-electron chi connectivity index (χ0n) is 34.2. The molecule has 0 amide bonds. The van der Waals surface area contributed by atoms with Gasteiger partial charge < -0.3 is 0 Å². The first kappa shape index (κ1) is 36.8. The predicted molar refractivity (Wildman–Crippen MR) is 255 cm³/mol. The molecule has 0 bridgehead atoms. The number of hydrogen-bond acceptors (Lipinski definition) is 6. The summed E-state index contributed by atoms with van der Waals surface area (Å²) in [7, 11) is 0. The smallest absolute Gasteiger partial charge is 0.165 e. The van der Waals surface area contributed by atoms with E-state index in [-0.39, 0.29) is 0 Å². The normalized spacial score (nSPS) is 14.2. The Morgan fingerprint density at radius 2 is 1.17 bits per heavy atom. The molecular formula is C56H36N6S. The van der Waals surface area contributed by atoms with Gasteiger partial charge in [0, 0.05) is 49.0 Å². The molecule has 63 heavy (non-hydrogen) atoms. The van der Waals surface area contributed by atoms with E-state index >= 15 is 0 Å². The Labute approximate surface area is 368 Å². The van der Waals surface area contributed by atoms with E-state index in [4.69, 9.17) is 19.9 Å². The van der Waals surface area contributed by atoms with Crippen LogP contribution in [0.3, 0.4) is 0 Å². The molecule has 3 heterocycles. The van der Waals surface area contributed by atoms with Crippen LogP contribution < -0.4 is 0 Å². The minimum absolute atomic E-state index is 0.462. The van der Waals surface area contributed by atoms with E-state index in [0.29, 0.717) is 28.6 Å². The van der Waals surface area contributed by atoms with Crippen LogP contribution in [0.15, 0.2) is 188 Å². The molecule has 0 saturated carbocycles. The van der Waals surface area contributed by atoms with Gasteiger partial charge in [-0.15, -0.1) is 11.3 Å². The SMILES string of the molecule is CCc1nc2ccccc2n1-c1ccc(C2(c3ccccc3)c3ccccc3-c3c2ccc2sc4cc(C#N)c(-c5nc(-c6ccccc6)nc(-c6ccccc6)n5)cc4c32)cc1. The minimum Gasteiger partial charge on any atom is -0.296 e. The van der Waals surface area contributed by atoms with E-state index in [0.717, 1.165) is 54.9 Å². The highest BCUT2D eigenvalue weighted by molar-refractivity contribution is 7.26. The van der Waals surface area contributed by atoms with E-state index in [9.17, 15) is 5.26 Å². The van der Waals surface area contributed by atoms with Crippen molar-refractivity contribution in [2.24, 2.45) is 0 Å². The number of hydrogen-bond donors (Lipinski definition) is 0. The summed E-state index contributed by atoms with van der Waals surface area (Å²) in [6, 6.07) is 68.5. The summed E-state index contributed by atoms with van der Waals surface area (Å²) in [5.41, 5.74) is 12.8. The summed E-state index contributed by atoms with van der Waals surface area (Å²) in [4.78, 5) is 20.1. The second kappa shape index (κ2) is 14.6. The van der Waals surface area contributed by atoms with Gasteiger partial charge in [0.2, 0.25) is 0 Å². The van der Waals surface area contributed by atoms with E-state index in [1.165, 1.54) is 38.8 Å². The van der Waals surface area contributed by atoms with Crippen molar-refractivity contribution in [3.63, 3.8) is 0 Å². The Bertz CT molecular complexity index is 3550. The van der Waals surface area contributed by atoms with Gasteiger partial charge >= 0.3 is 0 Å². The van der Waals surface area contributed by atoms with Crippen LogP contribution in [-0.4, -0.2) is 24.5 Å². The molecule has 0 radical (unpaired) electrons. The number of benzene rings is 8. The fourth-order valence-electron chi connectivity index (χ4n) is 9.82. The Balaban J connectivity index is 1.11. The number of imidazole rings is 1. The molecule has 0 fully saturated rings. The van der Waals surface area contributed by atoms with Crippen LogP contribution >= 0.6 is 11.3 Å². The molecule has 0 spiro atoms. The first-order valence-electron chi connectivity index (χ1n) is 21.2. The summed E-state index contributed by atoms with van der Waals surface area (Å²) in [6.45, 7) is 2.16. The average Bonchev–Trinajstić information content (AvgIpc) is 4.02. The molecule has 1 aliphatic carbocycles. The van der Waals surface area contributed by atoms with Crippen LogP contribution in [-0.2, 0) is 11.8 Å². The van der Waals surface area contributed by atoms with Gasteiger partial charge in [-0.3, -0.25) is 4.57 Å². The molecular weight excluding hydrogens is 789 g/mol. The molecule has 1 aliphatic rings. The van der Waals surface area contributed by atoms with Gasteiger partial charge in [0.15, 0.2) is 17.5 Å². The van der Waals surface area contributed by atoms with Crippen molar-refractivity contribution in [3.8, 4) is 57.0 Å². The van der Waals surface area contributed by atoms with Crippen molar-refractivity contribution >= 4 is 42.5 Å². The first-order valence-corrected chi connectivity index (χ1v) is 22.0. The highest BCUT2D eigenvalue weighted by atomic mass is 32.1. The Morgan fingerprint density at radius 3 is 1.87 bits per heavy atom. The van der Waals surface area contributed by atoms with Gasteiger partial charge in [0.1, 0.15) is 5.82 Å². The fraction of sp³-hybridized carbons (Fsp3) is 0.0536. The predicted octanol–water partition coefficient (Wildman–Crippen LogP) is 13.4. The second-order valence-corrected chi connectivity index (χ2v) is 17.0. The van der Waals surface area contributed by atoms with Crippen molar-refractivity contribution in [2.45, 2.75) is 18.8 Å². The van der Waals surface area contributed by atoms with Gasteiger partial charge in [-0.2, -0.15) is 5.26 Å². The highest BCUT2D eigenvalue weighted by Gasteiger charge is 2.47. The lowest BCUT2D eigenvalue weighted by molar-refractivity contribution is 0.768. The van der Waals surface area contributed by atoms with Crippen molar-refractivity contribution in [2.75, 3.05) is 0 Å². The monoisotopic (exact) mass is 824 g/mol. The number of aromatic nitrogens is 5. The summed E-state index contributed by atoms with van der Waals surface area (Å²) in [5.74, 6) is 2.61. The number of rotatable bonds is 7. The topological polar surface area (TPSA) is 80.3 Å². The Morgan fingerprint density at radius 1 is 0.556 bits per heavy atom. The lowest BCUT2D eigenvalue weighted by atomic mass is 9.67. The van der Waals surface area contributed by atoms with Crippen molar-refractivity contribution in [1.82, 2.24) is 24.5 Å². The van der Waals surface area contributed by atoms with Crippen LogP contribution in [0, 0.1) is 11.3 Å². The van der Waals surface area contributed by atoms with Crippen LogP contribution in [0.5, 0.6) is 0 Å². The van der Waals surface area contributed by atoms with Gasteiger partial charge in [0.05, 0.1) is 28.1 Å². The lowest BCUT2D eigenvalue weighted by Crippen LogP contribution is -2.28. The summed E-state index contributed by atoms with van der Waals surface area (Å²) in [6.07, 6.45) is 0.822. The Hall–Kier alpha value is -8.05. The number of thiophene rings is 1. The molecule has 0 aliphatic heterocycles. The Kier molecular flexibility index (Phi) is 8.49. The molecule has 3 aromatic heterocycles. The molecule has 1 atom stereocenters. The quantitative estimate of drug-likeness (QED) is 0.160. The highest BCUT2D eigenvalue weighted by Crippen LogP contribution is 2.59. The van der Waals surface area contributed by atoms with Crippen LogP contribution in [0.1, 0.15) is 40.6 Å². The average molecular weight is 825 g/mol. The maximum Gasteiger partial charge on any atom is 0.165 e. The number of para-hydroxylation sites is 2. The number of aryl methyl sites for hydroxylation is 1. The largest absolute Gasteiger partial charge is 0.296 e. The van der Waals surface area contributed by atoms with E-state index in [1.54, 1.807) is 11.3 Å². The third-order valence-electron chi connectivity index (χ3n) is 12.6. The van der Waals surface area contributed by atoms with E-state index < -0.39 is 5.41 Å². The lowest BCUT2D eigenvalue weighted by Gasteiger charge is -2.34. The molecule has 0 saturated heterocycles. The molecule has 12 rings (SSSR count). The van der Waals surface area contributed by atoms with Gasteiger partial charge in [-0.25, -0.2) is 19.9 Å². The zero-order chi connectivity index (χ0) is 42.1. The van der Waals surface area contributed by atoms with Gasteiger partial charge in [-0.05, 0) is 75.8 Å². The van der Waals surface area contributed by atoms with Crippen LogP contribution in [0.25, 0.3) is 82.2 Å². The third kappa shape index (κ3) is 5.62. The maximum absolute atomic E-state index is 10.7.